The van der Waals surface area contributed by atoms with Gasteiger partial charge < -0.3 is 10.1 Å². The van der Waals surface area contributed by atoms with E-state index in [0.717, 1.165) is 37.5 Å². The van der Waals surface area contributed by atoms with Crippen molar-refractivity contribution in [2.24, 2.45) is 0 Å². The Bertz CT molecular complexity index is 989. The van der Waals surface area contributed by atoms with E-state index in [0.29, 0.717) is 13.1 Å². The van der Waals surface area contributed by atoms with Crippen LogP contribution in [0.2, 0.25) is 0 Å². The Balaban J connectivity index is 1.90. The molecule has 2 aromatic rings. The summed E-state index contributed by atoms with van der Waals surface area (Å²) in [6.07, 6.45) is 2.55. The van der Waals surface area contributed by atoms with Gasteiger partial charge in [0.25, 0.3) is 5.91 Å². The molecule has 0 aromatic heterocycles. The summed E-state index contributed by atoms with van der Waals surface area (Å²) in [5, 5.41) is 2.51. The highest BCUT2D eigenvalue weighted by molar-refractivity contribution is 7.89. The third kappa shape index (κ3) is 4.15. The Kier molecular flexibility index (Phi) is 5.95. The lowest BCUT2D eigenvalue weighted by atomic mass is 10.2. The van der Waals surface area contributed by atoms with E-state index in [1.165, 1.54) is 29.6 Å². The maximum Gasteiger partial charge on any atom is 0.255 e. The maximum atomic E-state index is 13.3. The number of nitrogens with one attached hydrogen (secondary N) is 1. The standard InChI is InChI=1S/C19H20F2N2O4S/c1-27-17-8-6-14(22-19(24)13-5-7-15(20)16(21)11-13)12-18(17)28(25,26)23-9-3-2-4-10-23/h5-8,11-12H,2-4,9-10H2,1H3,(H,22,24). The van der Waals surface area contributed by atoms with Crippen molar-refractivity contribution in [3.63, 3.8) is 0 Å². The molecule has 9 heteroatoms. The van der Waals surface area contributed by atoms with E-state index in [2.05, 4.69) is 5.32 Å². The monoisotopic (exact) mass is 410 g/mol. The number of ether oxygens (including phenoxy) is 1. The number of hydrogen-bond donors (Lipinski definition) is 1. The zero-order valence-corrected chi connectivity index (χ0v) is 16.1. The third-order valence-electron chi connectivity index (χ3n) is 4.54. The highest BCUT2D eigenvalue weighted by atomic mass is 32.2. The van der Waals surface area contributed by atoms with Crippen molar-refractivity contribution in [3.05, 3.63) is 53.6 Å². The van der Waals surface area contributed by atoms with Gasteiger partial charge in [0.05, 0.1) is 7.11 Å². The number of benzene rings is 2. The van der Waals surface area contributed by atoms with Gasteiger partial charge in [0.2, 0.25) is 10.0 Å². The van der Waals surface area contributed by atoms with Gasteiger partial charge in [0.15, 0.2) is 11.6 Å². The molecule has 0 atom stereocenters. The fourth-order valence-corrected chi connectivity index (χ4v) is 4.74. The first-order valence-corrected chi connectivity index (χ1v) is 10.2. The Morgan fingerprint density at radius 1 is 1.04 bits per heavy atom. The number of methoxy groups -OCH3 is 1. The fraction of sp³-hybridized carbons (Fsp3) is 0.316. The second kappa shape index (κ2) is 8.24. The quantitative estimate of drug-likeness (QED) is 0.820. The number of carbonyl (C=O) groups is 1. The largest absolute Gasteiger partial charge is 0.495 e. The van der Waals surface area contributed by atoms with E-state index in [1.54, 1.807) is 0 Å². The van der Waals surface area contributed by atoms with E-state index < -0.39 is 27.6 Å². The lowest BCUT2D eigenvalue weighted by molar-refractivity contribution is 0.102. The molecule has 0 spiro atoms. The van der Waals surface area contributed by atoms with Crippen molar-refractivity contribution in [3.8, 4) is 5.75 Å². The first-order chi connectivity index (χ1) is 13.3. The predicted molar refractivity (Wildman–Crippen MR) is 99.9 cm³/mol. The topological polar surface area (TPSA) is 75.7 Å². The highest BCUT2D eigenvalue weighted by Crippen LogP contribution is 2.31. The molecule has 28 heavy (non-hydrogen) atoms. The zero-order valence-electron chi connectivity index (χ0n) is 15.2. The molecule has 0 bridgehead atoms. The molecular weight excluding hydrogens is 390 g/mol. The second-order valence-corrected chi connectivity index (χ2v) is 8.32. The van der Waals surface area contributed by atoms with Gasteiger partial charge in [-0.25, -0.2) is 17.2 Å². The summed E-state index contributed by atoms with van der Waals surface area (Å²) in [6.45, 7) is 0.855. The summed E-state index contributed by atoms with van der Waals surface area (Å²) in [7, 11) is -2.43. The van der Waals surface area contributed by atoms with Crippen molar-refractivity contribution < 1.29 is 26.7 Å². The summed E-state index contributed by atoms with van der Waals surface area (Å²) < 4.78 is 59.0. The molecule has 1 heterocycles. The maximum absolute atomic E-state index is 13.3. The van der Waals surface area contributed by atoms with Crippen LogP contribution in [0.4, 0.5) is 14.5 Å². The minimum Gasteiger partial charge on any atom is -0.495 e. The van der Waals surface area contributed by atoms with Gasteiger partial charge in [-0.05, 0) is 49.2 Å². The first-order valence-electron chi connectivity index (χ1n) is 8.77. The van der Waals surface area contributed by atoms with Crippen LogP contribution in [0.25, 0.3) is 0 Å². The molecule has 0 saturated carbocycles. The summed E-state index contributed by atoms with van der Waals surface area (Å²) in [5.74, 6) is -2.73. The van der Waals surface area contributed by atoms with Gasteiger partial charge in [-0.2, -0.15) is 4.31 Å². The van der Waals surface area contributed by atoms with E-state index in [-0.39, 0.29) is 21.9 Å². The summed E-state index contributed by atoms with van der Waals surface area (Å²) in [6, 6.07) is 7.00. The Labute approximate surface area is 162 Å². The number of anilines is 1. The highest BCUT2D eigenvalue weighted by Gasteiger charge is 2.29. The number of nitrogens with zero attached hydrogens (tertiary/aromatic N) is 1. The van der Waals surface area contributed by atoms with Crippen LogP contribution in [0.1, 0.15) is 29.6 Å². The summed E-state index contributed by atoms with van der Waals surface area (Å²) >= 11 is 0. The van der Waals surface area contributed by atoms with Gasteiger partial charge in [-0.1, -0.05) is 6.42 Å². The Morgan fingerprint density at radius 3 is 2.39 bits per heavy atom. The molecule has 0 aliphatic carbocycles. The van der Waals surface area contributed by atoms with Gasteiger partial charge >= 0.3 is 0 Å². The average molecular weight is 410 g/mol. The lowest BCUT2D eigenvalue weighted by Crippen LogP contribution is -2.35. The van der Waals surface area contributed by atoms with Crippen LogP contribution in [-0.2, 0) is 10.0 Å². The van der Waals surface area contributed by atoms with Crippen LogP contribution in [0.15, 0.2) is 41.3 Å². The minimum atomic E-state index is -3.79. The number of piperidine rings is 1. The first kappa shape index (κ1) is 20.2. The van der Waals surface area contributed by atoms with Crippen LogP contribution in [0.5, 0.6) is 5.75 Å². The lowest BCUT2D eigenvalue weighted by Gasteiger charge is -2.26. The van der Waals surface area contributed by atoms with Gasteiger partial charge in [-0.15, -0.1) is 0 Å². The number of halogens is 2. The zero-order chi connectivity index (χ0) is 20.3. The fourth-order valence-electron chi connectivity index (χ4n) is 3.04. The molecule has 1 aliphatic rings. The number of carbonyl (C=O) groups excluding carboxylic acids is 1. The van der Waals surface area contributed by atoms with Crippen LogP contribution in [0, 0.1) is 11.6 Å². The average Bonchev–Trinajstić information content (AvgIpc) is 2.70. The molecule has 0 unspecified atom stereocenters. The van der Waals surface area contributed by atoms with Crippen LogP contribution >= 0.6 is 0 Å². The van der Waals surface area contributed by atoms with Gasteiger partial charge in [0.1, 0.15) is 10.6 Å². The van der Waals surface area contributed by atoms with Gasteiger partial charge in [-0.3, -0.25) is 4.79 Å². The van der Waals surface area contributed by atoms with Crippen molar-refractivity contribution in [1.29, 1.82) is 0 Å². The number of sulfonamides is 1. The molecule has 1 N–H and O–H groups in total. The molecule has 1 aliphatic heterocycles. The van der Waals surface area contributed by atoms with E-state index in [4.69, 9.17) is 4.74 Å². The van der Waals surface area contributed by atoms with E-state index in [9.17, 15) is 22.0 Å². The van der Waals surface area contributed by atoms with Crippen molar-refractivity contribution in [2.45, 2.75) is 24.2 Å². The summed E-state index contributed by atoms with van der Waals surface area (Å²) in [5.41, 5.74) is 0.112. The normalized spacial score (nSPS) is 15.2. The van der Waals surface area contributed by atoms with Crippen molar-refractivity contribution in [2.75, 3.05) is 25.5 Å². The smallest absolute Gasteiger partial charge is 0.255 e. The molecule has 1 fully saturated rings. The molecule has 150 valence electrons. The summed E-state index contributed by atoms with van der Waals surface area (Å²) in [4.78, 5) is 12.2. The number of amides is 1. The van der Waals surface area contributed by atoms with Gasteiger partial charge in [0, 0.05) is 24.3 Å². The predicted octanol–water partition coefficient (Wildman–Crippen LogP) is 3.40. The molecule has 3 rings (SSSR count). The van der Waals surface area contributed by atoms with E-state index in [1.807, 2.05) is 0 Å². The van der Waals surface area contributed by atoms with E-state index >= 15 is 0 Å². The van der Waals surface area contributed by atoms with Crippen LogP contribution in [0.3, 0.4) is 0 Å². The minimum absolute atomic E-state index is 0.0556. The molecular formula is C19H20F2N2O4S. The number of rotatable bonds is 5. The van der Waals surface area contributed by atoms with Crippen LogP contribution in [-0.4, -0.2) is 38.8 Å². The second-order valence-electron chi connectivity index (χ2n) is 6.41. The molecule has 6 nitrogen and oxygen atoms in total. The Hall–Kier alpha value is -2.52. The third-order valence-corrected chi connectivity index (χ3v) is 6.46. The van der Waals surface area contributed by atoms with Crippen molar-refractivity contribution in [1.82, 2.24) is 4.31 Å². The number of hydrogen-bond acceptors (Lipinski definition) is 4. The molecule has 2 aromatic carbocycles. The SMILES string of the molecule is COc1ccc(NC(=O)c2ccc(F)c(F)c2)cc1S(=O)(=O)N1CCCCC1. The Morgan fingerprint density at radius 2 is 1.75 bits per heavy atom. The molecule has 0 radical (unpaired) electrons. The molecule has 1 saturated heterocycles. The van der Waals surface area contributed by atoms with Crippen molar-refractivity contribution >= 4 is 21.6 Å². The molecule has 1 amide bonds. The van der Waals surface area contributed by atoms with Crippen LogP contribution < -0.4 is 10.1 Å².